The molecule has 0 aliphatic heterocycles. The highest BCUT2D eigenvalue weighted by atomic mass is 19.1. The number of amides is 1. The van der Waals surface area contributed by atoms with Gasteiger partial charge in [-0.1, -0.05) is 0 Å². The van der Waals surface area contributed by atoms with E-state index in [1.54, 1.807) is 0 Å². The molecule has 0 unspecified atom stereocenters. The summed E-state index contributed by atoms with van der Waals surface area (Å²) in [5.74, 6) is -2.19. The molecular formula is C11H7F2N3O. The summed E-state index contributed by atoms with van der Waals surface area (Å²) in [7, 11) is 0. The number of halogens is 2. The standard InChI is InChI=1S/C11H7F2N3O/c12-8-5-14-3-1-7(8)11(17)16-10-2-4-15-6-9(10)13/h1-6H,(H,15,16,17). The Kier molecular flexibility index (Phi) is 3.04. The van der Waals surface area contributed by atoms with Crippen LogP contribution in [-0.2, 0) is 0 Å². The maximum Gasteiger partial charge on any atom is 0.258 e. The molecule has 2 rings (SSSR count). The average molecular weight is 235 g/mol. The fourth-order valence-corrected chi connectivity index (χ4v) is 1.23. The van der Waals surface area contributed by atoms with Gasteiger partial charge in [0.05, 0.1) is 23.6 Å². The first-order valence-electron chi connectivity index (χ1n) is 4.69. The number of nitrogens with one attached hydrogen (secondary N) is 1. The molecule has 0 bridgehead atoms. The van der Waals surface area contributed by atoms with Gasteiger partial charge in [-0.25, -0.2) is 8.78 Å². The van der Waals surface area contributed by atoms with E-state index >= 15 is 0 Å². The summed E-state index contributed by atoms with van der Waals surface area (Å²) in [5, 5.41) is 2.25. The Morgan fingerprint density at radius 3 is 2.35 bits per heavy atom. The number of carbonyl (C=O) groups is 1. The first-order valence-corrected chi connectivity index (χ1v) is 4.69. The lowest BCUT2D eigenvalue weighted by Crippen LogP contribution is -2.14. The first-order chi connectivity index (χ1) is 8.18. The molecule has 2 aromatic heterocycles. The van der Waals surface area contributed by atoms with E-state index in [-0.39, 0.29) is 11.3 Å². The largest absolute Gasteiger partial charge is 0.319 e. The van der Waals surface area contributed by atoms with Crippen LogP contribution in [0.25, 0.3) is 0 Å². The van der Waals surface area contributed by atoms with Crippen LogP contribution in [0.15, 0.2) is 36.9 Å². The molecule has 1 N–H and O–H groups in total. The van der Waals surface area contributed by atoms with Crippen molar-refractivity contribution < 1.29 is 13.6 Å². The molecule has 0 saturated heterocycles. The summed E-state index contributed by atoms with van der Waals surface area (Å²) in [6.45, 7) is 0. The topological polar surface area (TPSA) is 54.9 Å². The summed E-state index contributed by atoms with van der Waals surface area (Å²) in [4.78, 5) is 18.7. The van der Waals surface area contributed by atoms with Crippen LogP contribution in [0.1, 0.15) is 10.4 Å². The van der Waals surface area contributed by atoms with Crippen molar-refractivity contribution >= 4 is 11.6 Å². The molecule has 6 heteroatoms. The van der Waals surface area contributed by atoms with E-state index in [9.17, 15) is 13.6 Å². The number of rotatable bonds is 2. The number of nitrogens with zero attached hydrogens (tertiary/aromatic N) is 2. The zero-order valence-corrected chi connectivity index (χ0v) is 8.52. The Bertz CT molecular complexity index is 560. The van der Waals surface area contributed by atoms with Crippen LogP contribution in [0, 0.1) is 11.6 Å². The third-order valence-corrected chi connectivity index (χ3v) is 2.04. The summed E-state index contributed by atoms with van der Waals surface area (Å²) >= 11 is 0. The van der Waals surface area contributed by atoms with Gasteiger partial charge in [0.2, 0.25) is 0 Å². The van der Waals surface area contributed by atoms with Crippen LogP contribution >= 0.6 is 0 Å². The molecular weight excluding hydrogens is 228 g/mol. The lowest BCUT2D eigenvalue weighted by molar-refractivity contribution is 0.102. The Balaban J connectivity index is 2.24. The van der Waals surface area contributed by atoms with Crippen molar-refractivity contribution in [1.82, 2.24) is 9.97 Å². The Hall–Kier alpha value is -2.37. The van der Waals surface area contributed by atoms with Crippen molar-refractivity contribution in [2.24, 2.45) is 0 Å². The number of hydrogen-bond donors (Lipinski definition) is 1. The Morgan fingerprint density at radius 2 is 1.71 bits per heavy atom. The van der Waals surface area contributed by atoms with E-state index in [0.29, 0.717) is 0 Å². The highest BCUT2D eigenvalue weighted by Gasteiger charge is 2.13. The normalized spacial score (nSPS) is 10.0. The molecule has 0 atom stereocenters. The molecule has 0 aliphatic rings. The van der Waals surface area contributed by atoms with Crippen LogP contribution in [0.2, 0.25) is 0 Å². The molecule has 0 saturated carbocycles. The lowest BCUT2D eigenvalue weighted by Gasteiger charge is -2.05. The monoisotopic (exact) mass is 235 g/mol. The van der Waals surface area contributed by atoms with Crippen molar-refractivity contribution in [2.45, 2.75) is 0 Å². The smallest absolute Gasteiger partial charge is 0.258 e. The minimum absolute atomic E-state index is 0.0544. The van der Waals surface area contributed by atoms with Crippen LogP contribution < -0.4 is 5.32 Å². The van der Waals surface area contributed by atoms with Gasteiger partial charge >= 0.3 is 0 Å². The van der Waals surface area contributed by atoms with Gasteiger partial charge in [-0.05, 0) is 12.1 Å². The minimum Gasteiger partial charge on any atom is -0.319 e. The van der Waals surface area contributed by atoms with Gasteiger partial charge in [0.25, 0.3) is 5.91 Å². The number of anilines is 1. The van der Waals surface area contributed by atoms with E-state index in [4.69, 9.17) is 0 Å². The predicted molar refractivity (Wildman–Crippen MR) is 56.3 cm³/mol. The molecule has 0 aliphatic carbocycles. The van der Waals surface area contributed by atoms with Crippen molar-refractivity contribution in [3.63, 3.8) is 0 Å². The number of hydrogen-bond acceptors (Lipinski definition) is 3. The summed E-state index contributed by atoms with van der Waals surface area (Å²) < 4.78 is 26.4. The predicted octanol–water partition coefficient (Wildman–Crippen LogP) is 2.01. The minimum atomic E-state index is -0.764. The van der Waals surface area contributed by atoms with E-state index < -0.39 is 17.5 Å². The van der Waals surface area contributed by atoms with Crippen molar-refractivity contribution in [2.75, 3.05) is 5.32 Å². The lowest BCUT2D eigenvalue weighted by atomic mass is 10.2. The van der Waals surface area contributed by atoms with Crippen molar-refractivity contribution in [3.8, 4) is 0 Å². The van der Waals surface area contributed by atoms with Crippen LogP contribution in [-0.4, -0.2) is 15.9 Å². The number of pyridine rings is 2. The fraction of sp³-hybridized carbons (Fsp3) is 0. The summed E-state index contributed by atoms with van der Waals surface area (Å²) in [6, 6.07) is 2.50. The molecule has 2 aromatic rings. The zero-order valence-electron chi connectivity index (χ0n) is 8.52. The van der Waals surface area contributed by atoms with Gasteiger partial charge in [0.15, 0.2) is 11.6 Å². The van der Waals surface area contributed by atoms with Crippen molar-refractivity contribution in [3.05, 3.63) is 54.1 Å². The molecule has 0 fully saturated rings. The van der Waals surface area contributed by atoms with Crippen LogP contribution in [0.4, 0.5) is 14.5 Å². The second kappa shape index (κ2) is 4.65. The highest BCUT2D eigenvalue weighted by molar-refractivity contribution is 6.04. The maximum absolute atomic E-state index is 13.2. The first kappa shape index (κ1) is 11.1. The molecule has 17 heavy (non-hydrogen) atoms. The maximum atomic E-state index is 13.2. The van der Waals surface area contributed by atoms with Crippen LogP contribution in [0.5, 0.6) is 0 Å². The molecule has 0 spiro atoms. The fourth-order valence-electron chi connectivity index (χ4n) is 1.23. The van der Waals surface area contributed by atoms with E-state index in [0.717, 1.165) is 12.4 Å². The highest BCUT2D eigenvalue weighted by Crippen LogP contribution is 2.13. The average Bonchev–Trinajstić information content (AvgIpc) is 2.32. The van der Waals surface area contributed by atoms with Gasteiger partial charge in [-0.3, -0.25) is 14.8 Å². The van der Waals surface area contributed by atoms with Gasteiger partial charge in [0, 0.05) is 12.4 Å². The Labute approximate surface area is 95.3 Å². The molecule has 0 radical (unpaired) electrons. The second-order valence-electron chi connectivity index (χ2n) is 3.17. The second-order valence-corrected chi connectivity index (χ2v) is 3.17. The van der Waals surface area contributed by atoms with Crippen LogP contribution in [0.3, 0.4) is 0 Å². The van der Waals surface area contributed by atoms with E-state index in [1.165, 1.54) is 24.5 Å². The van der Waals surface area contributed by atoms with Gasteiger partial charge in [-0.2, -0.15) is 0 Å². The summed E-state index contributed by atoms with van der Waals surface area (Å²) in [6.07, 6.45) is 4.47. The third kappa shape index (κ3) is 2.41. The van der Waals surface area contributed by atoms with Gasteiger partial charge in [0.1, 0.15) is 0 Å². The number of aromatic nitrogens is 2. The molecule has 4 nitrogen and oxygen atoms in total. The molecule has 86 valence electrons. The molecule has 2 heterocycles. The third-order valence-electron chi connectivity index (χ3n) is 2.04. The molecule has 0 aromatic carbocycles. The quantitative estimate of drug-likeness (QED) is 0.866. The van der Waals surface area contributed by atoms with Crippen molar-refractivity contribution in [1.29, 1.82) is 0 Å². The van der Waals surface area contributed by atoms with E-state index in [2.05, 4.69) is 15.3 Å². The molecule has 1 amide bonds. The van der Waals surface area contributed by atoms with Gasteiger partial charge < -0.3 is 5.32 Å². The zero-order chi connectivity index (χ0) is 12.3. The Morgan fingerprint density at radius 1 is 1.06 bits per heavy atom. The number of carbonyl (C=O) groups excluding carboxylic acids is 1. The van der Waals surface area contributed by atoms with E-state index in [1.807, 2.05) is 0 Å². The van der Waals surface area contributed by atoms with Gasteiger partial charge in [-0.15, -0.1) is 0 Å². The summed E-state index contributed by atoms with van der Waals surface area (Å²) in [5.41, 5.74) is -0.252. The SMILES string of the molecule is O=C(Nc1ccncc1F)c1ccncc1F.